The number of ketones is 1. The molecule has 0 aliphatic rings. The number of carboxylic acids is 1. The lowest BCUT2D eigenvalue weighted by Crippen LogP contribution is -2.45. The van der Waals surface area contributed by atoms with Crippen molar-refractivity contribution in [1.29, 1.82) is 0 Å². The van der Waals surface area contributed by atoms with E-state index in [1.807, 2.05) is 102 Å². The molecule has 2 amide bonds. The molecule has 4 aromatic rings. The van der Waals surface area contributed by atoms with Crippen molar-refractivity contribution in [3.05, 3.63) is 118 Å². The number of hydrazone groups is 2. The molecule has 0 spiro atoms. The third-order valence-corrected chi connectivity index (χ3v) is 8.12. The molecule has 13 N–H and O–H groups in total. The van der Waals surface area contributed by atoms with Gasteiger partial charge in [-0.15, -0.1) is 10.2 Å². The number of carbonyl (C=O) groups excluding carboxylic acids is 3. The molecular formula is C37H42Cl2N10O5. The molecular weight excluding hydrogens is 735 g/mol. The number of amidine groups is 2. The first-order valence-corrected chi connectivity index (χ1v) is 17.1. The van der Waals surface area contributed by atoms with E-state index >= 15 is 0 Å². The van der Waals surface area contributed by atoms with E-state index in [-0.39, 0.29) is 30.3 Å². The zero-order valence-corrected chi connectivity index (χ0v) is 30.8. The third kappa shape index (κ3) is 14.6. The number of hydrogen-bond donors (Lipinski definition) is 9. The molecule has 0 unspecified atom stereocenters. The predicted molar refractivity (Wildman–Crippen MR) is 210 cm³/mol. The van der Waals surface area contributed by atoms with Gasteiger partial charge in [-0.1, -0.05) is 96.0 Å². The van der Waals surface area contributed by atoms with E-state index in [2.05, 4.69) is 20.8 Å². The maximum absolute atomic E-state index is 12.0. The zero-order chi connectivity index (χ0) is 39.6. The molecule has 2 atom stereocenters. The van der Waals surface area contributed by atoms with Gasteiger partial charge in [0.1, 0.15) is 5.78 Å². The summed E-state index contributed by atoms with van der Waals surface area (Å²) in [5.41, 5.74) is 20.6. The third-order valence-electron chi connectivity index (χ3n) is 7.65. The normalized spacial score (nSPS) is 12.3. The highest BCUT2D eigenvalue weighted by molar-refractivity contribution is 6.37. The average molecular weight is 778 g/mol. The van der Waals surface area contributed by atoms with Gasteiger partial charge in [0.15, 0.2) is 0 Å². The van der Waals surface area contributed by atoms with Crippen LogP contribution >= 0.6 is 23.2 Å². The molecule has 15 nitrogen and oxygen atoms in total. The lowest BCUT2D eigenvalue weighted by atomic mass is 9.98. The second-order valence-electron chi connectivity index (χ2n) is 11.9. The van der Waals surface area contributed by atoms with Crippen LogP contribution in [-0.2, 0) is 32.0 Å². The molecule has 0 aliphatic carbocycles. The first-order valence-electron chi connectivity index (χ1n) is 16.4. The van der Waals surface area contributed by atoms with E-state index in [9.17, 15) is 19.2 Å². The summed E-state index contributed by atoms with van der Waals surface area (Å²) in [6, 6.07) is 29.4. The molecule has 0 radical (unpaired) electrons. The topological polar surface area (TPSA) is 265 Å². The van der Waals surface area contributed by atoms with Gasteiger partial charge in [-0.25, -0.2) is 22.8 Å². The number of nitrogens with zero attached hydrogens (tertiary/aromatic N) is 2. The smallest absolute Gasteiger partial charge is 0.305 e. The fourth-order valence-electron chi connectivity index (χ4n) is 5.24. The fraction of sp³-hybridized carbons (Fsp3) is 0.189. The van der Waals surface area contributed by atoms with Gasteiger partial charge in [-0.05, 0) is 77.4 Å². The number of carbonyl (C=O) groups is 4. The highest BCUT2D eigenvalue weighted by Gasteiger charge is 2.20. The predicted octanol–water partition coefficient (Wildman–Crippen LogP) is 2.99. The number of benzene rings is 4. The first kappa shape index (κ1) is 42.4. The van der Waals surface area contributed by atoms with Crippen molar-refractivity contribution in [1.82, 2.24) is 21.7 Å². The summed E-state index contributed by atoms with van der Waals surface area (Å²) in [6.45, 7) is 1.47. The van der Waals surface area contributed by atoms with Crippen molar-refractivity contribution in [2.24, 2.45) is 33.4 Å². The molecule has 0 saturated carbocycles. The maximum atomic E-state index is 12.0. The van der Waals surface area contributed by atoms with Crippen LogP contribution in [0.15, 0.2) is 107 Å². The Hall–Kier alpha value is -6.00. The summed E-state index contributed by atoms with van der Waals surface area (Å²) >= 11 is 12.0. The highest BCUT2D eigenvalue weighted by atomic mass is 35.5. The maximum Gasteiger partial charge on any atom is 0.305 e. The molecule has 54 heavy (non-hydrogen) atoms. The summed E-state index contributed by atoms with van der Waals surface area (Å²) < 4.78 is 0. The van der Waals surface area contributed by atoms with Crippen LogP contribution in [-0.4, -0.2) is 52.4 Å². The Morgan fingerprint density at radius 1 is 0.630 bits per heavy atom. The van der Waals surface area contributed by atoms with Crippen molar-refractivity contribution < 1.29 is 24.3 Å². The summed E-state index contributed by atoms with van der Waals surface area (Å²) in [5, 5.41) is 22.4. The van der Waals surface area contributed by atoms with Crippen molar-refractivity contribution >= 4 is 58.4 Å². The van der Waals surface area contributed by atoms with E-state index in [0.29, 0.717) is 22.9 Å². The first-order chi connectivity index (χ1) is 25.8. The second kappa shape index (κ2) is 21.5. The van der Waals surface area contributed by atoms with Gasteiger partial charge < -0.3 is 27.2 Å². The Morgan fingerprint density at radius 2 is 1.02 bits per heavy atom. The van der Waals surface area contributed by atoms with Gasteiger partial charge in [0.05, 0.1) is 6.42 Å². The number of hydrogen-bond acceptors (Lipinski definition) is 10. The Kier molecular flexibility index (Phi) is 16.9. The molecule has 0 heterocycles. The highest BCUT2D eigenvalue weighted by Crippen LogP contribution is 2.25. The molecule has 0 aliphatic heterocycles. The van der Waals surface area contributed by atoms with Crippen molar-refractivity contribution in [2.45, 2.75) is 44.7 Å². The van der Waals surface area contributed by atoms with Crippen molar-refractivity contribution in [2.75, 3.05) is 0 Å². The largest absolute Gasteiger partial charge is 0.481 e. The molecule has 0 aromatic heterocycles. The molecule has 0 fully saturated rings. The standard InChI is InChI=1S/C19H22ClN5O2.C18H20ClN5O3/c1-12(26)9-17(23-19(27)18(21)24-25-22)10-13-5-7-14(8-6-13)15-3-2-4-16(20)11-15;19-14-3-1-2-13(9-14)12-6-4-11(5-7-12)8-15(10-16(25)26)22-18(27)17(20)23-24-21/h2-8,11,17,25H,9-10,22H2,1H3,(H2,21,24)(H,23,27);1-7,9,15,24H,8,10,21H2,(H2,20,23)(H,22,27)(H,25,26)/t17-;15-/m01/s1. The summed E-state index contributed by atoms with van der Waals surface area (Å²) in [6.07, 6.45) is 0.720. The Labute approximate surface area is 322 Å². The van der Waals surface area contributed by atoms with Crippen LogP contribution in [0.5, 0.6) is 0 Å². The SMILES string of the molecule is CC(=O)C[C@@H](Cc1ccc(-c2cccc(Cl)c2)cc1)NC(=O)/C(N)=N/NN.NN/N=C(\N)C(=O)N[C@@H](CC(=O)O)Cc1ccc(-c2cccc(Cl)c2)cc1. The molecule has 284 valence electrons. The van der Waals surface area contributed by atoms with Gasteiger partial charge in [0.25, 0.3) is 11.8 Å². The van der Waals surface area contributed by atoms with Gasteiger partial charge >= 0.3 is 5.97 Å². The summed E-state index contributed by atoms with van der Waals surface area (Å²) in [5.74, 6) is 6.93. The van der Waals surface area contributed by atoms with E-state index in [0.717, 1.165) is 33.4 Å². The van der Waals surface area contributed by atoms with Crippen LogP contribution in [0.1, 0.15) is 30.9 Å². The number of rotatable bonds is 14. The zero-order valence-electron chi connectivity index (χ0n) is 29.3. The lowest BCUT2D eigenvalue weighted by molar-refractivity contribution is -0.137. The number of aliphatic carboxylic acids is 1. The van der Waals surface area contributed by atoms with Crippen LogP contribution in [0.2, 0.25) is 10.0 Å². The second-order valence-corrected chi connectivity index (χ2v) is 12.8. The number of nitrogens with two attached hydrogens (primary N) is 4. The lowest BCUT2D eigenvalue weighted by Gasteiger charge is -2.17. The van der Waals surface area contributed by atoms with Gasteiger partial charge in [0.2, 0.25) is 11.7 Å². The van der Waals surface area contributed by atoms with Crippen LogP contribution in [0.25, 0.3) is 22.3 Å². The molecule has 4 aromatic carbocycles. The number of carboxylic acid groups (broad SMARTS) is 1. The van der Waals surface area contributed by atoms with Crippen LogP contribution < -0.4 is 44.9 Å². The van der Waals surface area contributed by atoms with Crippen LogP contribution in [0.3, 0.4) is 0 Å². The minimum Gasteiger partial charge on any atom is -0.481 e. The number of amides is 2. The van der Waals surface area contributed by atoms with Crippen molar-refractivity contribution in [3.8, 4) is 22.3 Å². The minimum atomic E-state index is -1.04. The van der Waals surface area contributed by atoms with Gasteiger partial charge in [-0.2, -0.15) is 0 Å². The van der Waals surface area contributed by atoms with E-state index in [1.54, 1.807) is 6.07 Å². The minimum absolute atomic E-state index is 0.0386. The molecule has 17 heteroatoms. The monoisotopic (exact) mass is 776 g/mol. The molecule has 4 rings (SSSR count). The number of hydrazine groups is 2. The van der Waals surface area contributed by atoms with E-state index < -0.39 is 29.9 Å². The Balaban J connectivity index is 0.000000290. The Morgan fingerprint density at radius 3 is 1.35 bits per heavy atom. The summed E-state index contributed by atoms with van der Waals surface area (Å²) in [7, 11) is 0. The van der Waals surface area contributed by atoms with Gasteiger partial charge in [0, 0.05) is 28.5 Å². The van der Waals surface area contributed by atoms with Crippen LogP contribution in [0, 0.1) is 0 Å². The number of Topliss-reactive ketones (excluding diaryl/α,β-unsaturated/α-hetero) is 1. The average Bonchev–Trinajstić information content (AvgIpc) is 3.12. The van der Waals surface area contributed by atoms with Gasteiger partial charge in [-0.3, -0.25) is 19.2 Å². The fourth-order valence-corrected chi connectivity index (χ4v) is 5.62. The van der Waals surface area contributed by atoms with Crippen LogP contribution in [0.4, 0.5) is 0 Å². The van der Waals surface area contributed by atoms with E-state index in [4.69, 9.17) is 51.5 Å². The number of nitrogens with one attached hydrogen (secondary N) is 4. The quantitative estimate of drug-likeness (QED) is 0.0389. The molecule has 0 saturated heterocycles. The summed E-state index contributed by atoms with van der Waals surface area (Å²) in [4.78, 5) is 46.5. The van der Waals surface area contributed by atoms with E-state index in [1.165, 1.54) is 6.92 Å². The number of halogens is 2. The molecule has 0 bridgehead atoms. The Bertz CT molecular complexity index is 1820. The van der Waals surface area contributed by atoms with Crippen molar-refractivity contribution in [3.63, 3.8) is 0 Å².